The van der Waals surface area contributed by atoms with Crippen LogP contribution in [0.15, 0.2) is 42.5 Å². The summed E-state index contributed by atoms with van der Waals surface area (Å²) in [5, 5.41) is 9.14. The monoisotopic (exact) mass is 362 g/mol. The standard InChI is InChI=1S/C17H13ClF2N4O/c18-12-8-11(5-6-14(12)20)21-17(25)9-16-22-15(23-24-16)7-10-3-1-2-4-13(10)19/h1-6,8H,7,9H2,(H,21,25)(H,22,23,24). The molecule has 0 saturated heterocycles. The van der Waals surface area contributed by atoms with Crippen molar-refractivity contribution in [2.24, 2.45) is 0 Å². The van der Waals surface area contributed by atoms with Gasteiger partial charge in [-0.15, -0.1) is 0 Å². The Kier molecular flexibility index (Phi) is 5.04. The normalized spacial score (nSPS) is 10.7. The van der Waals surface area contributed by atoms with Crippen LogP contribution in [0.3, 0.4) is 0 Å². The van der Waals surface area contributed by atoms with Crippen molar-refractivity contribution in [2.75, 3.05) is 5.32 Å². The summed E-state index contributed by atoms with van der Waals surface area (Å²) in [7, 11) is 0. The van der Waals surface area contributed by atoms with Crippen molar-refractivity contribution in [3.63, 3.8) is 0 Å². The third-order valence-electron chi connectivity index (χ3n) is 3.42. The van der Waals surface area contributed by atoms with E-state index in [0.29, 0.717) is 17.1 Å². The predicted octanol–water partition coefficient (Wildman–Crippen LogP) is 3.51. The molecule has 2 N–H and O–H groups in total. The number of nitrogens with zero attached hydrogens (tertiary/aromatic N) is 2. The summed E-state index contributed by atoms with van der Waals surface area (Å²) >= 11 is 5.66. The van der Waals surface area contributed by atoms with Crippen molar-refractivity contribution in [1.82, 2.24) is 15.2 Å². The maximum absolute atomic E-state index is 13.6. The summed E-state index contributed by atoms with van der Waals surface area (Å²) in [6.45, 7) is 0. The molecule has 0 aliphatic heterocycles. The van der Waals surface area contributed by atoms with Gasteiger partial charge in [-0.1, -0.05) is 29.8 Å². The summed E-state index contributed by atoms with van der Waals surface area (Å²) < 4.78 is 26.7. The Hall–Kier alpha value is -2.80. The van der Waals surface area contributed by atoms with Gasteiger partial charge in [-0.2, -0.15) is 5.10 Å². The molecule has 2 aromatic carbocycles. The first kappa shape index (κ1) is 17.0. The van der Waals surface area contributed by atoms with E-state index in [1.54, 1.807) is 18.2 Å². The highest BCUT2D eigenvalue weighted by Crippen LogP contribution is 2.19. The van der Waals surface area contributed by atoms with Gasteiger partial charge in [-0.25, -0.2) is 13.8 Å². The van der Waals surface area contributed by atoms with Gasteiger partial charge in [0.25, 0.3) is 0 Å². The zero-order chi connectivity index (χ0) is 17.8. The number of aromatic amines is 1. The van der Waals surface area contributed by atoms with E-state index < -0.39 is 5.82 Å². The van der Waals surface area contributed by atoms with E-state index in [4.69, 9.17) is 11.6 Å². The third-order valence-corrected chi connectivity index (χ3v) is 3.71. The largest absolute Gasteiger partial charge is 0.326 e. The highest BCUT2D eigenvalue weighted by molar-refractivity contribution is 6.31. The van der Waals surface area contributed by atoms with E-state index in [-0.39, 0.29) is 35.4 Å². The number of carbonyl (C=O) groups excluding carboxylic acids is 1. The van der Waals surface area contributed by atoms with Gasteiger partial charge in [0.1, 0.15) is 17.5 Å². The molecule has 0 unspecified atom stereocenters. The summed E-state index contributed by atoms with van der Waals surface area (Å²) in [5.74, 6) is -0.535. The van der Waals surface area contributed by atoms with Crippen molar-refractivity contribution >= 4 is 23.2 Å². The smallest absolute Gasteiger partial charge is 0.232 e. The molecule has 1 aromatic heterocycles. The zero-order valence-corrected chi connectivity index (χ0v) is 13.6. The minimum Gasteiger partial charge on any atom is -0.326 e. The molecule has 1 amide bonds. The van der Waals surface area contributed by atoms with Crippen molar-refractivity contribution in [2.45, 2.75) is 12.8 Å². The van der Waals surface area contributed by atoms with Crippen LogP contribution >= 0.6 is 11.6 Å². The number of rotatable bonds is 5. The molecular weight excluding hydrogens is 350 g/mol. The van der Waals surface area contributed by atoms with Crippen LogP contribution in [0.1, 0.15) is 17.2 Å². The van der Waals surface area contributed by atoms with Gasteiger partial charge in [0.2, 0.25) is 5.91 Å². The van der Waals surface area contributed by atoms with E-state index in [9.17, 15) is 13.6 Å². The Labute approximate surface area is 147 Å². The van der Waals surface area contributed by atoms with Gasteiger partial charge in [0.05, 0.1) is 11.4 Å². The van der Waals surface area contributed by atoms with Crippen LogP contribution in [-0.4, -0.2) is 21.1 Å². The molecule has 5 nitrogen and oxygen atoms in total. The number of anilines is 1. The van der Waals surface area contributed by atoms with Crippen molar-refractivity contribution in [3.8, 4) is 0 Å². The number of hydrogen-bond acceptors (Lipinski definition) is 3. The number of nitrogens with one attached hydrogen (secondary N) is 2. The summed E-state index contributed by atoms with van der Waals surface area (Å²) in [5.41, 5.74) is 0.856. The predicted molar refractivity (Wildman–Crippen MR) is 89.3 cm³/mol. The van der Waals surface area contributed by atoms with Crippen LogP contribution in [-0.2, 0) is 17.6 Å². The number of aromatic nitrogens is 3. The molecule has 25 heavy (non-hydrogen) atoms. The van der Waals surface area contributed by atoms with Crippen molar-refractivity contribution < 1.29 is 13.6 Å². The average Bonchev–Trinajstić information content (AvgIpc) is 3.00. The maximum atomic E-state index is 13.6. The number of halogens is 3. The van der Waals surface area contributed by atoms with E-state index in [1.165, 1.54) is 18.2 Å². The molecular formula is C17H13ClF2N4O. The molecule has 0 saturated carbocycles. The van der Waals surface area contributed by atoms with Crippen LogP contribution in [0.4, 0.5) is 14.5 Å². The number of carbonyl (C=O) groups is 1. The number of benzene rings is 2. The molecule has 0 atom stereocenters. The van der Waals surface area contributed by atoms with Gasteiger partial charge in [0, 0.05) is 12.1 Å². The molecule has 3 aromatic rings. The molecule has 8 heteroatoms. The van der Waals surface area contributed by atoms with E-state index in [1.807, 2.05) is 0 Å². The molecule has 0 aliphatic carbocycles. The second-order valence-electron chi connectivity index (χ2n) is 5.32. The average molecular weight is 363 g/mol. The van der Waals surface area contributed by atoms with Gasteiger partial charge >= 0.3 is 0 Å². The van der Waals surface area contributed by atoms with Crippen LogP contribution < -0.4 is 5.32 Å². The highest BCUT2D eigenvalue weighted by atomic mass is 35.5. The fraction of sp³-hybridized carbons (Fsp3) is 0.118. The Morgan fingerprint density at radius 3 is 2.72 bits per heavy atom. The summed E-state index contributed by atoms with van der Waals surface area (Å²) in [6.07, 6.45) is 0.164. The first-order chi connectivity index (χ1) is 12.0. The fourth-order valence-corrected chi connectivity index (χ4v) is 2.42. The molecule has 0 radical (unpaired) electrons. The molecule has 128 valence electrons. The van der Waals surface area contributed by atoms with Crippen LogP contribution in [0.5, 0.6) is 0 Å². The van der Waals surface area contributed by atoms with Crippen LogP contribution in [0.25, 0.3) is 0 Å². The van der Waals surface area contributed by atoms with E-state index >= 15 is 0 Å². The Morgan fingerprint density at radius 1 is 1.16 bits per heavy atom. The lowest BCUT2D eigenvalue weighted by Crippen LogP contribution is -2.15. The maximum Gasteiger partial charge on any atom is 0.232 e. The van der Waals surface area contributed by atoms with Gasteiger partial charge < -0.3 is 5.32 Å². The fourth-order valence-electron chi connectivity index (χ4n) is 2.24. The zero-order valence-electron chi connectivity index (χ0n) is 12.9. The molecule has 1 heterocycles. The third kappa shape index (κ3) is 4.39. The second-order valence-corrected chi connectivity index (χ2v) is 5.73. The summed E-state index contributed by atoms with van der Waals surface area (Å²) in [4.78, 5) is 16.2. The topological polar surface area (TPSA) is 70.7 Å². The van der Waals surface area contributed by atoms with E-state index in [0.717, 1.165) is 6.07 Å². The molecule has 0 spiro atoms. The Balaban J connectivity index is 1.61. The SMILES string of the molecule is O=C(Cc1n[nH]c(Cc2ccccc2F)n1)Nc1ccc(F)c(Cl)c1. The highest BCUT2D eigenvalue weighted by Gasteiger charge is 2.12. The van der Waals surface area contributed by atoms with Gasteiger partial charge in [-0.05, 0) is 29.8 Å². The minimum absolute atomic E-state index is 0.0806. The lowest BCUT2D eigenvalue weighted by atomic mass is 10.1. The lowest BCUT2D eigenvalue weighted by molar-refractivity contribution is -0.115. The van der Waals surface area contributed by atoms with Gasteiger partial charge in [0.15, 0.2) is 5.82 Å². The number of hydrogen-bond donors (Lipinski definition) is 2. The number of amides is 1. The summed E-state index contributed by atoms with van der Waals surface area (Å²) in [6, 6.07) is 10.2. The first-order valence-corrected chi connectivity index (χ1v) is 7.77. The molecule has 3 rings (SSSR count). The first-order valence-electron chi connectivity index (χ1n) is 7.40. The Morgan fingerprint density at radius 2 is 1.96 bits per heavy atom. The lowest BCUT2D eigenvalue weighted by Gasteiger charge is -2.04. The minimum atomic E-state index is -0.564. The Bertz CT molecular complexity index is 913. The molecule has 0 bridgehead atoms. The van der Waals surface area contributed by atoms with Crippen LogP contribution in [0, 0.1) is 11.6 Å². The number of H-pyrrole nitrogens is 1. The van der Waals surface area contributed by atoms with Crippen LogP contribution in [0.2, 0.25) is 5.02 Å². The second kappa shape index (κ2) is 7.40. The van der Waals surface area contributed by atoms with Crippen molar-refractivity contribution in [3.05, 3.63) is 76.3 Å². The quantitative estimate of drug-likeness (QED) is 0.729. The van der Waals surface area contributed by atoms with E-state index in [2.05, 4.69) is 20.5 Å². The van der Waals surface area contributed by atoms with Gasteiger partial charge in [-0.3, -0.25) is 9.89 Å². The van der Waals surface area contributed by atoms with Crippen molar-refractivity contribution in [1.29, 1.82) is 0 Å². The molecule has 0 fully saturated rings. The molecule has 0 aliphatic rings.